The first-order valence-corrected chi connectivity index (χ1v) is 20.6. The van der Waals surface area contributed by atoms with Gasteiger partial charge in [-0.05, 0) is 92.7 Å². The summed E-state index contributed by atoms with van der Waals surface area (Å²) in [6.07, 6.45) is 0. The highest BCUT2D eigenvalue weighted by Gasteiger charge is 2.23. The zero-order valence-electron chi connectivity index (χ0n) is 33.0. The van der Waals surface area contributed by atoms with Crippen molar-refractivity contribution in [1.29, 1.82) is 0 Å². The number of hydrogen-bond donors (Lipinski definition) is 0. The molecule has 0 aliphatic heterocycles. The van der Waals surface area contributed by atoms with Crippen molar-refractivity contribution >= 4 is 49.6 Å². The molecule has 0 radical (unpaired) electrons. The molecular formula is C58H40N2. The van der Waals surface area contributed by atoms with Gasteiger partial charge >= 0.3 is 0 Å². The molecule has 11 aromatic rings. The van der Waals surface area contributed by atoms with Crippen LogP contribution < -0.4 is 4.90 Å². The van der Waals surface area contributed by atoms with E-state index in [2.05, 4.69) is 252 Å². The smallest absolute Gasteiger partial charge is 0.0547 e. The van der Waals surface area contributed by atoms with Crippen molar-refractivity contribution < 1.29 is 0 Å². The molecule has 282 valence electrons. The molecule has 0 spiro atoms. The van der Waals surface area contributed by atoms with E-state index in [0.717, 1.165) is 28.3 Å². The molecule has 0 aliphatic carbocycles. The number of hydrogen-bond acceptors (Lipinski definition) is 1. The van der Waals surface area contributed by atoms with Crippen molar-refractivity contribution in [2.75, 3.05) is 4.90 Å². The van der Waals surface area contributed by atoms with Crippen molar-refractivity contribution in [1.82, 2.24) is 4.57 Å². The first-order valence-electron chi connectivity index (χ1n) is 20.6. The number of aromatic nitrogens is 1. The fraction of sp³-hybridized carbons (Fsp3) is 0. The van der Waals surface area contributed by atoms with Crippen molar-refractivity contribution in [3.05, 3.63) is 243 Å². The minimum atomic E-state index is 1.09. The molecular weight excluding hydrogens is 725 g/mol. The molecule has 0 amide bonds. The lowest BCUT2D eigenvalue weighted by Gasteiger charge is -2.29. The van der Waals surface area contributed by atoms with E-state index < -0.39 is 0 Å². The fourth-order valence-electron chi connectivity index (χ4n) is 9.08. The fourth-order valence-corrected chi connectivity index (χ4v) is 9.08. The highest BCUT2D eigenvalue weighted by atomic mass is 15.1. The lowest BCUT2D eigenvalue weighted by molar-refractivity contribution is 1.18. The van der Waals surface area contributed by atoms with Crippen LogP contribution >= 0.6 is 0 Å². The van der Waals surface area contributed by atoms with E-state index in [1.807, 2.05) is 0 Å². The SMILES string of the molecule is c1ccc(-c2ccc(N(c3cccc(-c4cccc5ccccc45)c3)c3ccccc3-c3cccc4c3c3ccccc3n4-c3ccccc3-c3ccccc3)cc2)cc1. The normalized spacial score (nSPS) is 11.3. The van der Waals surface area contributed by atoms with Crippen LogP contribution in [0.15, 0.2) is 243 Å². The molecule has 0 N–H and O–H groups in total. The second-order valence-corrected chi connectivity index (χ2v) is 15.3. The third-order valence-electron chi connectivity index (χ3n) is 11.8. The Labute approximate surface area is 350 Å². The Balaban J connectivity index is 1.14. The zero-order valence-corrected chi connectivity index (χ0v) is 33.0. The minimum absolute atomic E-state index is 1.09. The lowest BCUT2D eigenvalue weighted by atomic mass is 9.95. The summed E-state index contributed by atoms with van der Waals surface area (Å²) in [5.41, 5.74) is 16.3. The van der Waals surface area contributed by atoms with Gasteiger partial charge in [0.15, 0.2) is 0 Å². The maximum absolute atomic E-state index is 2.45. The molecule has 1 heterocycles. The van der Waals surface area contributed by atoms with E-state index >= 15 is 0 Å². The van der Waals surface area contributed by atoms with Crippen LogP contribution in [0, 0.1) is 0 Å². The molecule has 0 saturated carbocycles. The molecule has 0 unspecified atom stereocenters. The van der Waals surface area contributed by atoms with Crippen molar-refractivity contribution in [2.24, 2.45) is 0 Å². The standard InChI is InChI=1S/C58H40N2/c1-3-18-41(19-4-1)42-36-38-46(39-37-42)59(47-25-15-24-45(40-47)49-30-16-23-43-22-7-8-26-48(43)49)55-33-13-10-28-51(55)52-31-17-35-57-58(52)53-29-11-14-34-56(53)60(57)54-32-12-9-27-50(54)44-20-5-2-6-21-44/h1-40H. The quantitative estimate of drug-likeness (QED) is 0.150. The summed E-state index contributed by atoms with van der Waals surface area (Å²) >= 11 is 0. The van der Waals surface area contributed by atoms with Gasteiger partial charge in [-0.15, -0.1) is 0 Å². The second-order valence-electron chi connectivity index (χ2n) is 15.3. The van der Waals surface area contributed by atoms with E-state index in [9.17, 15) is 0 Å². The molecule has 0 aliphatic rings. The van der Waals surface area contributed by atoms with Crippen LogP contribution in [0.3, 0.4) is 0 Å². The number of anilines is 3. The Morgan fingerprint density at radius 1 is 0.300 bits per heavy atom. The van der Waals surface area contributed by atoms with Crippen LogP contribution in [0.2, 0.25) is 0 Å². The molecule has 0 fully saturated rings. The first-order chi connectivity index (χ1) is 29.8. The molecule has 2 heteroatoms. The maximum Gasteiger partial charge on any atom is 0.0547 e. The zero-order chi connectivity index (χ0) is 39.8. The Morgan fingerprint density at radius 3 is 1.68 bits per heavy atom. The summed E-state index contributed by atoms with van der Waals surface area (Å²) in [5.74, 6) is 0. The third kappa shape index (κ3) is 6.14. The maximum atomic E-state index is 2.45. The van der Waals surface area contributed by atoms with Crippen LogP contribution in [0.1, 0.15) is 0 Å². The van der Waals surface area contributed by atoms with Gasteiger partial charge in [0.2, 0.25) is 0 Å². The van der Waals surface area contributed by atoms with Crippen molar-refractivity contribution in [2.45, 2.75) is 0 Å². The van der Waals surface area contributed by atoms with E-state index in [1.54, 1.807) is 0 Å². The van der Waals surface area contributed by atoms with Crippen LogP contribution in [-0.2, 0) is 0 Å². The lowest BCUT2D eigenvalue weighted by Crippen LogP contribution is -2.11. The third-order valence-corrected chi connectivity index (χ3v) is 11.8. The minimum Gasteiger partial charge on any atom is -0.310 e. The summed E-state index contributed by atoms with van der Waals surface area (Å²) in [5, 5.41) is 4.93. The Hall–Kier alpha value is -7.94. The van der Waals surface area contributed by atoms with Crippen molar-refractivity contribution in [3.8, 4) is 50.2 Å². The molecule has 60 heavy (non-hydrogen) atoms. The number of para-hydroxylation sites is 3. The van der Waals surface area contributed by atoms with E-state index in [1.165, 1.54) is 71.5 Å². The molecule has 2 nitrogen and oxygen atoms in total. The van der Waals surface area contributed by atoms with Crippen LogP contribution in [-0.4, -0.2) is 4.57 Å². The van der Waals surface area contributed by atoms with Gasteiger partial charge in [0.25, 0.3) is 0 Å². The molecule has 0 saturated heterocycles. The van der Waals surface area contributed by atoms with E-state index in [4.69, 9.17) is 0 Å². The number of benzene rings is 10. The van der Waals surface area contributed by atoms with Gasteiger partial charge < -0.3 is 9.47 Å². The summed E-state index contributed by atoms with van der Waals surface area (Å²) in [6.45, 7) is 0. The van der Waals surface area contributed by atoms with Crippen LogP contribution in [0.25, 0.3) is 82.8 Å². The monoisotopic (exact) mass is 764 g/mol. The summed E-state index contributed by atoms with van der Waals surface area (Å²) in [7, 11) is 0. The van der Waals surface area contributed by atoms with Gasteiger partial charge in [-0.2, -0.15) is 0 Å². The Kier molecular flexibility index (Phi) is 8.87. The van der Waals surface area contributed by atoms with E-state index in [0.29, 0.717) is 0 Å². The summed E-state index contributed by atoms with van der Waals surface area (Å²) in [6, 6.07) is 87.9. The number of rotatable bonds is 8. The highest BCUT2D eigenvalue weighted by Crippen LogP contribution is 2.47. The molecule has 1 aromatic heterocycles. The molecule has 0 bridgehead atoms. The number of fused-ring (bicyclic) bond motifs is 4. The Morgan fingerprint density at radius 2 is 0.850 bits per heavy atom. The topological polar surface area (TPSA) is 8.17 Å². The average Bonchev–Trinajstić information content (AvgIpc) is 3.67. The van der Waals surface area contributed by atoms with Crippen molar-refractivity contribution in [3.63, 3.8) is 0 Å². The average molecular weight is 765 g/mol. The predicted molar refractivity (Wildman–Crippen MR) is 255 cm³/mol. The largest absolute Gasteiger partial charge is 0.310 e. The first kappa shape index (κ1) is 35.2. The van der Waals surface area contributed by atoms with Gasteiger partial charge in [0, 0.05) is 33.3 Å². The molecule has 11 rings (SSSR count). The van der Waals surface area contributed by atoms with Gasteiger partial charge in [-0.1, -0.05) is 194 Å². The highest BCUT2D eigenvalue weighted by molar-refractivity contribution is 6.17. The van der Waals surface area contributed by atoms with Gasteiger partial charge in [-0.3, -0.25) is 0 Å². The number of nitrogens with zero attached hydrogens (tertiary/aromatic N) is 2. The van der Waals surface area contributed by atoms with Gasteiger partial charge in [0.1, 0.15) is 0 Å². The van der Waals surface area contributed by atoms with Crippen LogP contribution in [0.5, 0.6) is 0 Å². The molecule has 0 atom stereocenters. The van der Waals surface area contributed by atoms with E-state index in [-0.39, 0.29) is 0 Å². The van der Waals surface area contributed by atoms with Crippen LogP contribution in [0.4, 0.5) is 17.1 Å². The summed E-state index contributed by atoms with van der Waals surface area (Å²) in [4.78, 5) is 2.43. The second kappa shape index (κ2) is 15.1. The summed E-state index contributed by atoms with van der Waals surface area (Å²) < 4.78 is 2.45. The Bertz CT molecular complexity index is 3300. The predicted octanol–water partition coefficient (Wildman–Crippen LogP) is 16.1. The van der Waals surface area contributed by atoms with Gasteiger partial charge in [0.05, 0.1) is 22.4 Å². The molecule has 10 aromatic carbocycles. The van der Waals surface area contributed by atoms with Gasteiger partial charge in [-0.25, -0.2) is 0 Å².